The molecule has 1 aliphatic heterocycles. The predicted octanol–water partition coefficient (Wildman–Crippen LogP) is 3.16. The Morgan fingerprint density at radius 1 is 1.29 bits per heavy atom. The van der Waals surface area contributed by atoms with E-state index in [2.05, 4.69) is 27.9 Å². The van der Waals surface area contributed by atoms with E-state index in [9.17, 15) is 0 Å². The van der Waals surface area contributed by atoms with Gasteiger partial charge in [-0.2, -0.15) is 0 Å². The predicted molar refractivity (Wildman–Crippen MR) is 73.0 cm³/mol. The minimum Gasteiger partial charge on any atom is -0.356 e. The Morgan fingerprint density at radius 2 is 2.06 bits per heavy atom. The van der Waals surface area contributed by atoms with Gasteiger partial charge in [0.2, 0.25) is 0 Å². The molecule has 0 spiro atoms. The highest BCUT2D eigenvalue weighted by atomic mass is 32.1. The van der Waals surface area contributed by atoms with Crippen LogP contribution in [0.4, 0.5) is 5.82 Å². The van der Waals surface area contributed by atoms with Crippen LogP contribution in [0, 0.1) is 6.92 Å². The van der Waals surface area contributed by atoms with Gasteiger partial charge in [-0.25, -0.2) is 9.97 Å². The molecule has 3 nitrogen and oxygen atoms in total. The zero-order valence-corrected chi connectivity index (χ0v) is 11.2. The van der Waals surface area contributed by atoms with Crippen molar-refractivity contribution in [1.29, 1.82) is 0 Å². The van der Waals surface area contributed by atoms with E-state index in [0.717, 1.165) is 36.0 Å². The first-order valence-electron chi connectivity index (χ1n) is 6.30. The Bertz CT molecular complexity index is 541. The van der Waals surface area contributed by atoms with E-state index >= 15 is 0 Å². The van der Waals surface area contributed by atoms with Crippen LogP contribution in [0.3, 0.4) is 0 Å². The van der Waals surface area contributed by atoms with Gasteiger partial charge >= 0.3 is 0 Å². The largest absolute Gasteiger partial charge is 0.356 e. The van der Waals surface area contributed by atoms with Crippen molar-refractivity contribution >= 4 is 27.4 Å². The summed E-state index contributed by atoms with van der Waals surface area (Å²) >= 11 is 1.81. The summed E-state index contributed by atoms with van der Waals surface area (Å²) in [4.78, 5) is 14.2. The fraction of sp³-hybridized carbons (Fsp3) is 0.538. The van der Waals surface area contributed by atoms with Gasteiger partial charge in [0.15, 0.2) is 0 Å². The monoisotopic (exact) mass is 247 g/mol. The van der Waals surface area contributed by atoms with Crippen molar-refractivity contribution in [3.8, 4) is 0 Å². The maximum absolute atomic E-state index is 4.65. The van der Waals surface area contributed by atoms with Gasteiger partial charge in [-0.15, -0.1) is 11.3 Å². The quantitative estimate of drug-likeness (QED) is 0.816. The number of thiophene rings is 1. The summed E-state index contributed by atoms with van der Waals surface area (Å²) in [6.07, 6.45) is 3.66. The third-order valence-electron chi connectivity index (χ3n) is 3.29. The maximum Gasteiger partial charge on any atom is 0.141 e. The van der Waals surface area contributed by atoms with Gasteiger partial charge in [0.1, 0.15) is 16.5 Å². The molecule has 0 bridgehead atoms. The van der Waals surface area contributed by atoms with E-state index in [4.69, 9.17) is 0 Å². The lowest BCUT2D eigenvalue weighted by atomic mass is 10.3. The van der Waals surface area contributed by atoms with Gasteiger partial charge in [0.25, 0.3) is 0 Å². The normalized spacial score (nSPS) is 16.0. The zero-order chi connectivity index (χ0) is 11.8. The minimum absolute atomic E-state index is 0.893. The SMILES string of the molecule is CCc1cc2c(N3CCCC3)nc(C)nc2s1. The molecule has 2 aromatic rings. The highest BCUT2D eigenvalue weighted by Crippen LogP contribution is 2.32. The standard InChI is InChI=1S/C13H17N3S/c1-3-10-8-11-12(16-6-4-5-7-16)14-9(2)15-13(11)17-10/h8H,3-7H2,1-2H3. The second-order valence-electron chi connectivity index (χ2n) is 4.57. The average molecular weight is 247 g/mol. The van der Waals surface area contributed by atoms with Crippen LogP contribution in [0.25, 0.3) is 10.2 Å². The molecule has 90 valence electrons. The van der Waals surface area contributed by atoms with Crippen LogP contribution in [-0.4, -0.2) is 23.1 Å². The molecule has 0 aromatic carbocycles. The smallest absolute Gasteiger partial charge is 0.141 e. The van der Waals surface area contributed by atoms with Gasteiger partial charge in [-0.3, -0.25) is 0 Å². The first-order chi connectivity index (χ1) is 8.28. The molecular formula is C13H17N3S. The van der Waals surface area contributed by atoms with Crippen molar-refractivity contribution < 1.29 is 0 Å². The van der Waals surface area contributed by atoms with Crippen molar-refractivity contribution in [2.45, 2.75) is 33.1 Å². The molecule has 0 amide bonds. The molecular weight excluding hydrogens is 230 g/mol. The Kier molecular flexibility index (Phi) is 2.74. The first kappa shape index (κ1) is 11.0. The fourth-order valence-corrected chi connectivity index (χ4v) is 3.41. The number of anilines is 1. The van der Waals surface area contributed by atoms with Crippen molar-refractivity contribution in [2.24, 2.45) is 0 Å². The molecule has 0 atom stereocenters. The van der Waals surface area contributed by atoms with E-state index in [0.29, 0.717) is 0 Å². The molecule has 4 heteroatoms. The number of aromatic nitrogens is 2. The van der Waals surface area contributed by atoms with Crippen molar-refractivity contribution in [3.63, 3.8) is 0 Å². The van der Waals surface area contributed by atoms with Gasteiger partial charge in [-0.1, -0.05) is 6.92 Å². The molecule has 1 fully saturated rings. The second-order valence-corrected chi connectivity index (χ2v) is 5.69. The Balaban J connectivity index is 2.17. The topological polar surface area (TPSA) is 29.0 Å². The van der Waals surface area contributed by atoms with Crippen LogP contribution in [-0.2, 0) is 6.42 Å². The lowest BCUT2D eigenvalue weighted by Crippen LogP contribution is -2.19. The highest BCUT2D eigenvalue weighted by Gasteiger charge is 2.18. The average Bonchev–Trinajstić information content (AvgIpc) is 2.96. The molecule has 2 aromatic heterocycles. The zero-order valence-electron chi connectivity index (χ0n) is 10.4. The van der Waals surface area contributed by atoms with Crippen LogP contribution < -0.4 is 4.90 Å². The molecule has 0 N–H and O–H groups in total. The van der Waals surface area contributed by atoms with Crippen LogP contribution >= 0.6 is 11.3 Å². The summed E-state index contributed by atoms with van der Waals surface area (Å²) in [5, 5.41) is 1.25. The Morgan fingerprint density at radius 3 is 2.76 bits per heavy atom. The van der Waals surface area contributed by atoms with Gasteiger partial charge in [0, 0.05) is 18.0 Å². The molecule has 0 saturated carbocycles. The fourth-order valence-electron chi connectivity index (χ4n) is 2.40. The summed E-state index contributed by atoms with van der Waals surface area (Å²) in [7, 11) is 0. The van der Waals surface area contributed by atoms with Crippen molar-refractivity contribution in [1.82, 2.24) is 9.97 Å². The summed E-state index contributed by atoms with van der Waals surface area (Å²) < 4.78 is 0. The van der Waals surface area contributed by atoms with Crippen LogP contribution in [0.2, 0.25) is 0 Å². The summed E-state index contributed by atoms with van der Waals surface area (Å²) in [6, 6.07) is 2.27. The number of aryl methyl sites for hydroxylation is 2. The third-order valence-corrected chi connectivity index (χ3v) is 4.46. The molecule has 3 rings (SSSR count). The van der Waals surface area contributed by atoms with Crippen LogP contribution in [0.15, 0.2) is 6.07 Å². The summed E-state index contributed by atoms with van der Waals surface area (Å²) in [5.41, 5.74) is 0. The van der Waals surface area contributed by atoms with Crippen LogP contribution in [0.5, 0.6) is 0 Å². The summed E-state index contributed by atoms with van der Waals surface area (Å²) in [5.74, 6) is 2.05. The van der Waals surface area contributed by atoms with E-state index < -0.39 is 0 Å². The van der Waals surface area contributed by atoms with E-state index in [1.807, 2.05) is 6.92 Å². The van der Waals surface area contributed by atoms with Crippen molar-refractivity contribution in [3.05, 3.63) is 16.8 Å². The number of rotatable bonds is 2. The highest BCUT2D eigenvalue weighted by molar-refractivity contribution is 7.18. The Labute approximate surface area is 106 Å². The molecule has 1 aliphatic rings. The molecule has 17 heavy (non-hydrogen) atoms. The van der Waals surface area contributed by atoms with Crippen LogP contribution in [0.1, 0.15) is 30.5 Å². The minimum atomic E-state index is 0.893. The number of hydrogen-bond donors (Lipinski definition) is 0. The second kappa shape index (κ2) is 4.26. The number of fused-ring (bicyclic) bond motifs is 1. The third kappa shape index (κ3) is 1.90. The van der Waals surface area contributed by atoms with Gasteiger partial charge in [0.05, 0.1) is 5.39 Å². The maximum atomic E-state index is 4.65. The molecule has 0 radical (unpaired) electrons. The summed E-state index contributed by atoms with van der Waals surface area (Å²) in [6.45, 7) is 6.47. The lowest BCUT2D eigenvalue weighted by molar-refractivity contribution is 0.926. The Hall–Kier alpha value is -1.16. The van der Waals surface area contributed by atoms with E-state index in [1.165, 1.54) is 23.1 Å². The lowest BCUT2D eigenvalue weighted by Gasteiger charge is -2.17. The molecule has 3 heterocycles. The van der Waals surface area contributed by atoms with Crippen molar-refractivity contribution in [2.75, 3.05) is 18.0 Å². The molecule has 0 aliphatic carbocycles. The molecule has 1 saturated heterocycles. The first-order valence-corrected chi connectivity index (χ1v) is 7.11. The number of hydrogen-bond acceptors (Lipinski definition) is 4. The van der Waals surface area contributed by atoms with Gasteiger partial charge in [-0.05, 0) is 32.3 Å². The van der Waals surface area contributed by atoms with E-state index in [1.54, 1.807) is 11.3 Å². The molecule has 0 unspecified atom stereocenters. The van der Waals surface area contributed by atoms with E-state index in [-0.39, 0.29) is 0 Å². The number of nitrogens with zero attached hydrogens (tertiary/aromatic N) is 3. The van der Waals surface area contributed by atoms with Gasteiger partial charge < -0.3 is 4.90 Å².